The van der Waals surface area contributed by atoms with Crippen LogP contribution in [0.1, 0.15) is 80.3 Å². The fourth-order valence-corrected chi connectivity index (χ4v) is 3.93. The summed E-state index contributed by atoms with van der Waals surface area (Å²) in [6.45, 7) is 12.2. The summed E-state index contributed by atoms with van der Waals surface area (Å²) in [5.74, 6) is 1.40. The highest BCUT2D eigenvalue weighted by Crippen LogP contribution is 2.26. The molecule has 0 aliphatic heterocycles. The average Bonchev–Trinajstić information content (AvgIpc) is 3.09. The number of para-hydroxylation sites is 1. The van der Waals surface area contributed by atoms with E-state index in [9.17, 15) is 4.79 Å². The number of ether oxygens (including phenoxy) is 1. The third-order valence-electron chi connectivity index (χ3n) is 4.49. The Bertz CT molecular complexity index is 833. The highest BCUT2D eigenvalue weighted by molar-refractivity contribution is 7.14. The average molecular weight is 430 g/mol. The zero-order valence-electron chi connectivity index (χ0n) is 18.9. The molecular formula is C26H39NO2S. The van der Waals surface area contributed by atoms with Crippen LogP contribution in [0.25, 0.3) is 0 Å². The van der Waals surface area contributed by atoms with E-state index in [0.29, 0.717) is 16.2 Å². The molecule has 0 spiro atoms. The quantitative estimate of drug-likeness (QED) is 0.452. The van der Waals surface area contributed by atoms with Gasteiger partial charge in [-0.1, -0.05) is 70.6 Å². The molecular weight excluding hydrogens is 390 g/mol. The summed E-state index contributed by atoms with van der Waals surface area (Å²) in [5, 5.41) is 0.903. The van der Waals surface area contributed by atoms with Crippen LogP contribution in [0.15, 0.2) is 48.1 Å². The van der Waals surface area contributed by atoms with Gasteiger partial charge in [-0.3, -0.25) is 4.79 Å². The van der Waals surface area contributed by atoms with Crippen LogP contribution in [-0.4, -0.2) is 17.9 Å². The van der Waals surface area contributed by atoms with Crippen molar-refractivity contribution >= 4 is 17.1 Å². The summed E-state index contributed by atoms with van der Waals surface area (Å²) in [4.78, 5) is 17.3. The van der Waals surface area contributed by atoms with Gasteiger partial charge in [0.2, 0.25) is 5.78 Å². The minimum Gasteiger partial charge on any atom is -0.496 e. The summed E-state index contributed by atoms with van der Waals surface area (Å²) in [6, 6.07) is 7.24. The van der Waals surface area contributed by atoms with Gasteiger partial charge in [0, 0.05) is 0 Å². The van der Waals surface area contributed by atoms with E-state index in [4.69, 9.17) is 4.74 Å². The van der Waals surface area contributed by atoms with Crippen molar-refractivity contribution in [3.05, 3.63) is 69.2 Å². The topological polar surface area (TPSA) is 39.2 Å². The largest absolute Gasteiger partial charge is 0.496 e. The lowest BCUT2D eigenvalue weighted by Crippen LogP contribution is -2.03. The molecule has 1 unspecified atom stereocenters. The predicted molar refractivity (Wildman–Crippen MR) is 132 cm³/mol. The van der Waals surface area contributed by atoms with Crippen LogP contribution >= 0.6 is 11.3 Å². The van der Waals surface area contributed by atoms with Gasteiger partial charge in [0.05, 0.1) is 28.3 Å². The van der Waals surface area contributed by atoms with Crippen molar-refractivity contribution in [2.24, 2.45) is 5.92 Å². The van der Waals surface area contributed by atoms with Crippen LogP contribution in [0, 0.1) is 19.8 Å². The van der Waals surface area contributed by atoms with E-state index in [1.807, 2.05) is 39.8 Å². The van der Waals surface area contributed by atoms with E-state index in [-0.39, 0.29) is 13.2 Å². The second kappa shape index (κ2) is 14.7. The Morgan fingerprint density at radius 1 is 1.20 bits per heavy atom. The van der Waals surface area contributed by atoms with Crippen molar-refractivity contribution in [2.75, 3.05) is 7.11 Å². The first-order valence-electron chi connectivity index (χ1n) is 10.4. The molecule has 1 aliphatic rings. The number of carbonyl (C=O) groups is 1. The lowest BCUT2D eigenvalue weighted by Gasteiger charge is -2.12. The second-order valence-corrected chi connectivity index (χ2v) is 7.97. The molecule has 4 heteroatoms. The number of hydrogen-bond acceptors (Lipinski definition) is 4. The second-order valence-electron chi connectivity index (χ2n) is 6.77. The van der Waals surface area contributed by atoms with Crippen molar-refractivity contribution in [1.29, 1.82) is 0 Å². The maximum atomic E-state index is 12.4. The highest BCUT2D eigenvalue weighted by atomic mass is 32.1. The highest BCUT2D eigenvalue weighted by Gasteiger charge is 2.18. The molecule has 3 nitrogen and oxygen atoms in total. The molecule has 166 valence electrons. The molecule has 1 aromatic heterocycles. The monoisotopic (exact) mass is 429 g/mol. The Balaban J connectivity index is 0.000000557. The van der Waals surface area contributed by atoms with Gasteiger partial charge >= 0.3 is 0 Å². The van der Waals surface area contributed by atoms with Crippen LogP contribution in [-0.2, 0) is 0 Å². The molecule has 1 aliphatic carbocycles. The van der Waals surface area contributed by atoms with E-state index in [2.05, 4.69) is 37.1 Å². The van der Waals surface area contributed by atoms with Crippen LogP contribution in [0.4, 0.5) is 0 Å². The molecule has 30 heavy (non-hydrogen) atoms. The molecule has 0 bridgehead atoms. The maximum Gasteiger partial charge on any atom is 0.208 e. The van der Waals surface area contributed by atoms with Crippen LogP contribution in [0.5, 0.6) is 5.75 Å². The number of allylic oxidation sites excluding steroid dienone is 4. The van der Waals surface area contributed by atoms with E-state index >= 15 is 0 Å². The van der Waals surface area contributed by atoms with E-state index in [1.54, 1.807) is 19.2 Å². The molecule has 0 saturated heterocycles. The molecule has 0 saturated carbocycles. The Morgan fingerprint density at radius 3 is 2.37 bits per heavy atom. The minimum atomic E-state index is -0.0226. The van der Waals surface area contributed by atoms with Gasteiger partial charge < -0.3 is 4.74 Å². The molecule has 1 heterocycles. The van der Waals surface area contributed by atoms with E-state index < -0.39 is 0 Å². The molecule has 2 aromatic rings. The van der Waals surface area contributed by atoms with E-state index in [1.165, 1.54) is 36.2 Å². The number of aryl methyl sites for hydroxylation is 2. The molecule has 1 atom stereocenters. The summed E-state index contributed by atoms with van der Waals surface area (Å²) >= 11 is 1.42. The molecule has 0 N–H and O–H groups in total. The van der Waals surface area contributed by atoms with Crippen molar-refractivity contribution in [3.63, 3.8) is 0 Å². The number of aromatic nitrogens is 1. The van der Waals surface area contributed by atoms with Gasteiger partial charge in [-0.25, -0.2) is 4.98 Å². The van der Waals surface area contributed by atoms with Crippen LogP contribution in [0.3, 0.4) is 0 Å². The number of rotatable bonds is 5. The Morgan fingerprint density at radius 2 is 1.87 bits per heavy atom. The van der Waals surface area contributed by atoms with Crippen molar-refractivity contribution in [2.45, 2.75) is 68.2 Å². The third-order valence-corrected chi connectivity index (χ3v) is 5.57. The summed E-state index contributed by atoms with van der Waals surface area (Å²) in [7, 11) is 1.57. The van der Waals surface area contributed by atoms with Gasteiger partial charge in [-0.15, -0.1) is 11.3 Å². The molecule has 1 aromatic carbocycles. The van der Waals surface area contributed by atoms with Gasteiger partial charge in [-0.2, -0.15) is 0 Å². The van der Waals surface area contributed by atoms with Gasteiger partial charge in [-0.05, 0) is 51.7 Å². The number of benzene rings is 1. The Labute approximate surface area is 187 Å². The first-order chi connectivity index (χ1) is 14.0. The number of hydrogen-bond donors (Lipinski definition) is 0. The van der Waals surface area contributed by atoms with Crippen LogP contribution < -0.4 is 4.74 Å². The summed E-state index contributed by atoms with van der Waals surface area (Å²) in [5.41, 5.74) is 2.79. The van der Waals surface area contributed by atoms with Crippen molar-refractivity contribution < 1.29 is 9.53 Å². The zero-order valence-corrected chi connectivity index (χ0v) is 19.7. The number of nitrogens with zero attached hydrogens (tertiary/aromatic N) is 1. The smallest absolute Gasteiger partial charge is 0.208 e. The number of ketones is 1. The first kappa shape index (κ1) is 27.8. The molecule has 0 fully saturated rings. The molecule has 0 amide bonds. The Hall–Kier alpha value is -2.20. The molecule has 3 rings (SSSR count). The van der Waals surface area contributed by atoms with Gasteiger partial charge in [0.1, 0.15) is 5.75 Å². The fraction of sp³-hybridized carbons (Fsp3) is 0.462. The molecule has 0 radical (unpaired) electrons. The third kappa shape index (κ3) is 8.27. The zero-order chi connectivity index (χ0) is 21.8. The lowest BCUT2D eigenvalue weighted by atomic mass is 9.94. The minimum absolute atomic E-state index is 0. The normalized spacial score (nSPS) is 14.2. The summed E-state index contributed by atoms with van der Waals surface area (Å²) in [6.07, 6.45) is 10.8. The Kier molecular flexibility index (Phi) is 13.7. The summed E-state index contributed by atoms with van der Waals surface area (Å²) < 4.78 is 5.20. The van der Waals surface area contributed by atoms with E-state index in [0.717, 1.165) is 16.6 Å². The first-order valence-corrected chi connectivity index (χ1v) is 11.2. The standard InChI is InChI=1S/C13H13NO2S.C10H16.C2H6.CH4/c1-8-13(17-9(2)14-8)12(15)10-6-4-5-7-11(10)16-3;1-3-4-10-7-5-9(2)6-8-10;1-2;/h4-7H,1-3H3;5-7,10H,3-4,8H2,1-2H3;1-2H3;1H4. The maximum absolute atomic E-state index is 12.4. The number of carbonyl (C=O) groups excluding carboxylic acids is 1. The van der Waals surface area contributed by atoms with Gasteiger partial charge in [0.15, 0.2) is 0 Å². The SMILES string of the molecule is C.CC.CCCC1C=CC(C)=CC1.COc1ccccc1C(=O)c1sc(C)nc1C. The number of thiazole rings is 1. The van der Waals surface area contributed by atoms with Crippen molar-refractivity contribution in [1.82, 2.24) is 4.98 Å². The van der Waals surface area contributed by atoms with Crippen molar-refractivity contribution in [3.8, 4) is 5.75 Å². The predicted octanol–water partition coefficient (Wildman–Crippen LogP) is 7.97. The fourth-order valence-electron chi connectivity index (χ4n) is 3.05. The van der Waals surface area contributed by atoms with Crippen LogP contribution in [0.2, 0.25) is 0 Å². The number of methoxy groups -OCH3 is 1. The lowest BCUT2D eigenvalue weighted by molar-refractivity contribution is 0.103. The van der Waals surface area contributed by atoms with Gasteiger partial charge in [0.25, 0.3) is 0 Å².